The summed E-state index contributed by atoms with van der Waals surface area (Å²) in [6, 6.07) is 1.83. The fraction of sp³-hybridized carbons (Fsp3) is 0.667. The number of carbonyl (C=O) groups is 1. The number of carbonyl (C=O) groups excluding carboxylic acids is 1. The number of nitrogens with zero attached hydrogens (tertiary/aromatic N) is 2. The van der Waals surface area contributed by atoms with E-state index in [4.69, 9.17) is 0 Å². The van der Waals surface area contributed by atoms with Crippen LogP contribution in [0.3, 0.4) is 0 Å². The molecule has 0 saturated heterocycles. The molecule has 0 radical (unpaired) electrons. The highest BCUT2D eigenvalue weighted by Crippen LogP contribution is 2.59. The van der Waals surface area contributed by atoms with Gasteiger partial charge in [-0.3, -0.25) is 9.48 Å². The lowest BCUT2D eigenvalue weighted by Crippen LogP contribution is -2.45. The molecule has 1 aromatic heterocycles. The Balaban J connectivity index is 1.67. The van der Waals surface area contributed by atoms with Crippen LogP contribution in [0.1, 0.15) is 42.6 Å². The maximum Gasteiger partial charge on any atom is 0.186 e. The molecule has 1 heterocycles. The minimum atomic E-state index is 0.258. The summed E-state index contributed by atoms with van der Waals surface area (Å²) in [5, 5.41) is 4.17. The van der Waals surface area contributed by atoms with Crippen molar-refractivity contribution >= 4 is 5.78 Å². The molecule has 2 saturated carbocycles. The summed E-state index contributed by atoms with van der Waals surface area (Å²) in [5.74, 6) is 0.522. The Bertz CT molecular complexity index is 396. The number of Topliss-reactive ketones (excluding diaryl/α,β-unsaturated/α-hetero) is 1. The number of aromatic nitrogens is 2. The smallest absolute Gasteiger partial charge is 0.186 e. The number of ketones is 1. The lowest BCUT2D eigenvalue weighted by Gasteiger charge is -2.53. The van der Waals surface area contributed by atoms with Crippen LogP contribution in [0, 0.1) is 11.3 Å². The molecule has 0 unspecified atom stereocenters. The van der Waals surface area contributed by atoms with E-state index in [-0.39, 0.29) is 11.7 Å². The summed E-state index contributed by atoms with van der Waals surface area (Å²) < 4.78 is 1.70. The van der Waals surface area contributed by atoms with Crippen molar-refractivity contribution in [2.75, 3.05) is 0 Å². The molecule has 3 rings (SSSR count). The van der Waals surface area contributed by atoms with Gasteiger partial charge in [-0.2, -0.15) is 5.10 Å². The van der Waals surface area contributed by atoms with Gasteiger partial charge in [-0.05, 0) is 37.2 Å². The summed E-state index contributed by atoms with van der Waals surface area (Å²) in [7, 11) is 1.85. The van der Waals surface area contributed by atoms with Crippen molar-refractivity contribution in [1.29, 1.82) is 0 Å². The first-order valence-electron chi connectivity index (χ1n) is 5.72. The SMILES string of the molecule is Cn1ccc(C(=O)C2CC3(CCC3)C2)n1. The van der Waals surface area contributed by atoms with E-state index in [1.54, 1.807) is 4.68 Å². The quantitative estimate of drug-likeness (QED) is 0.692. The predicted octanol–water partition coefficient (Wildman–Crippen LogP) is 2.18. The number of aryl methyl sites for hydroxylation is 1. The third-order valence-corrected chi connectivity index (χ3v) is 4.11. The molecule has 3 nitrogen and oxygen atoms in total. The number of hydrogen-bond donors (Lipinski definition) is 0. The minimum absolute atomic E-state index is 0.258. The van der Waals surface area contributed by atoms with E-state index in [2.05, 4.69) is 5.10 Å². The molecule has 0 N–H and O–H groups in total. The summed E-state index contributed by atoms with van der Waals surface area (Å²) >= 11 is 0. The van der Waals surface area contributed by atoms with Crippen LogP contribution in [-0.4, -0.2) is 15.6 Å². The molecule has 80 valence electrons. The zero-order chi connectivity index (χ0) is 10.5. The van der Waals surface area contributed by atoms with Crippen molar-refractivity contribution < 1.29 is 4.79 Å². The highest BCUT2D eigenvalue weighted by molar-refractivity contribution is 5.96. The maximum atomic E-state index is 12.0. The summed E-state index contributed by atoms with van der Waals surface area (Å²) in [6.45, 7) is 0. The summed E-state index contributed by atoms with van der Waals surface area (Å²) in [6.07, 6.45) is 8.12. The molecule has 2 aliphatic carbocycles. The molecule has 0 bridgehead atoms. The van der Waals surface area contributed by atoms with Crippen LogP contribution in [0.15, 0.2) is 12.3 Å². The fourth-order valence-corrected chi connectivity index (χ4v) is 3.01. The molecule has 0 amide bonds. The zero-order valence-electron chi connectivity index (χ0n) is 9.07. The van der Waals surface area contributed by atoms with Gasteiger partial charge in [-0.25, -0.2) is 0 Å². The van der Waals surface area contributed by atoms with Gasteiger partial charge in [0.2, 0.25) is 0 Å². The minimum Gasteiger partial charge on any atom is -0.292 e. The molecule has 2 fully saturated rings. The van der Waals surface area contributed by atoms with Crippen LogP contribution in [0.4, 0.5) is 0 Å². The van der Waals surface area contributed by atoms with E-state index < -0.39 is 0 Å². The monoisotopic (exact) mass is 204 g/mol. The van der Waals surface area contributed by atoms with Crippen molar-refractivity contribution in [1.82, 2.24) is 9.78 Å². The second kappa shape index (κ2) is 2.94. The highest BCUT2D eigenvalue weighted by atomic mass is 16.1. The molecular formula is C12H16N2O. The Morgan fingerprint density at radius 2 is 2.27 bits per heavy atom. The van der Waals surface area contributed by atoms with Gasteiger partial charge in [0, 0.05) is 19.2 Å². The van der Waals surface area contributed by atoms with Crippen molar-refractivity contribution in [3.8, 4) is 0 Å². The molecule has 1 spiro atoms. The van der Waals surface area contributed by atoms with Gasteiger partial charge in [-0.15, -0.1) is 0 Å². The van der Waals surface area contributed by atoms with Gasteiger partial charge in [0.1, 0.15) is 5.69 Å². The van der Waals surface area contributed by atoms with Crippen LogP contribution in [-0.2, 0) is 7.05 Å². The Hall–Kier alpha value is -1.12. The Morgan fingerprint density at radius 1 is 1.53 bits per heavy atom. The van der Waals surface area contributed by atoms with E-state index in [9.17, 15) is 4.79 Å². The Morgan fingerprint density at radius 3 is 2.73 bits per heavy atom. The first kappa shape index (κ1) is 9.13. The molecule has 3 heteroatoms. The topological polar surface area (TPSA) is 34.9 Å². The van der Waals surface area contributed by atoms with Crippen LogP contribution >= 0.6 is 0 Å². The van der Waals surface area contributed by atoms with Gasteiger partial charge in [-0.1, -0.05) is 6.42 Å². The maximum absolute atomic E-state index is 12.0. The highest BCUT2D eigenvalue weighted by Gasteiger charge is 2.50. The molecule has 0 atom stereocenters. The van der Waals surface area contributed by atoms with Crippen LogP contribution in [0.25, 0.3) is 0 Å². The van der Waals surface area contributed by atoms with Gasteiger partial charge in [0.25, 0.3) is 0 Å². The standard InChI is InChI=1S/C12H16N2O/c1-14-6-3-10(13-14)11(15)9-7-12(8-9)4-2-5-12/h3,6,9H,2,4-5,7-8H2,1H3. The zero-order valence-corrected chi connectivity index (χ0v) is 9.07. The first-order valence-corrected chi connectivity index (χ1v) is 5.72. The number of hydrogen-bond acceptors (Lipinski definition) is 2. The molecule has 1 aromatic rings. The predicted molar refractivity (Wildman–Crippen MR) is 56.5 cm³/mol. The summed E-state index contributed by atoms with van der Waals surface area (Å²) in [5.41, 5.74) is 1.23. The van der Waals surface area contributed by atoms with Crippen molar-refractivity contribution in [3.63, 3.8) is 0 Å². The normalized spacial score (nSPS) is 23.5. The second-order valence-electron chi connectivity index (χ2n) is 5.20. The third-order valence-electron chi connectivity index (χ3n) is 4.11. The van der Waals surface area contributed by atoms with Crippen LogP contribution in [0.2, 0.25) is 0 Å². The second-order valence-corrected chi connectivity index (χ2v) is 5.20. The lowest BCUT2D eigenvalue weighted by atomic mass is 9.51. The van der Waals surface area contributed by atoms with Crippen LogP contribution in [0.5, 0.6) is 0 Å². The third kappa shape index (κ3) is 1.33. The average Bonchev–Trinajstić information content (AvgIpc) is 2.46. The molecular weight excluding hydrogens is 188 g/mol. The van der Waals surface area contributed by atoms with Crippen molar-refractivity contribution in [3.05, 3.63) is 18.0 Å². The van der Waals surface area contributed by atoms with Gasteiger partial charge < -0.3 is 0 Å². The first-order chi connectivity index (χ1) is 7.19. The van der Waals surface area contributed by atoms with Gasteiger partial charge >= 0.3 is 0 Å². The van der Waals surface area contributed by atoms with E-state index in [1.165, 1.54) is 19.3 Å². The van der Waals surface area contributed by atoms with E-state index in [1.807, 2.05) is 19.3 Å². The Labute approximate surface area is 89.5 Å². The lowest BCUT2D eigenvalue weighted by molar-refractivity contribution is -0.0152. The molecule has 2 aliphatic rings. The van der Waals surface area contributed by atoms with E-state index >= 15 is 0 Å². The van der Waals surface area contributed by atoms with Gasteiger partial charge in [0.05, 0.1) is 0 Å². The van der Waals surface area contributed by atoms with Crippen molar-refractivity contribution in [2.45, 2.75) is 32.1 Å². The van der Waals surface area contributed by atoms with Gasteiger partial charge in [0.15, 0.2) is 5.78 Å². The fourth-order valence-electron chi connectivity index (χ4n) is 3.01. The summed E-state index contributed by atoms with van der Waals surface area (Å²) in [4.78, 5) is 12.0. The Kier molecular flexibility index (Phi) is 1.79. The van der Waals surface area contributed by atoms with E-state index in [0.29, 0.717) is 11.1 Å². The molecule has 0 aromatic carbocycles. The van der Waals surface area contributed by atoms with E-state index in [0.717, 1.165) is 12.8 Å². The number of rotatable bonds is 2. The van der Waals surface area contributed by atoms with Crippen LogP contribution < -0.4 is 0 Å². The average molecular weight is 204 g/mol. The molecule has 0 aliphatic heterocycles. The largest absolute Gasteiger partial charge is 0.292 e. The van der Waals surface area contributed by atoms with Crippen molar-refractivity contribution in [2.24, 2.45) is 18.4 Å². The molecule has 15 heavy (non-hydrogen) atoms.